The third-order valence-electron chi connectivity index (χ3n) is 11.9. The van der Waals surface area contributed by atoms with E-state index in [1.807, 2.05) is 54.6 Å². The van der Waals surface area contributed by atoms with Crippen LogP contribution >= 0.6 is 11.8 Å². The number of para-hydroxylation sites is 1. The monoisotopic (exact) mass is 1090 g/mol. The Morgan fingerprint density at radius 3 is 1.82 bits per heavy atom. The molecule has 20 nitrogen and oxygen atoms in total. The second-order valence-electron chi connectivity index (χ2n) is 17.6. The van der Waals surface area contributed by atoms with Gasteiger partial charge < -0.3 is 62.2 Å². The summed E-state index contributed by atoms with van der Waals surface area (Å²) in [6.07, 6.45) is -2.72. The number of hydrogen-bond donors (Lipinski definition) is 10. The molecule has 0 spiro atoms. The molecule has 5 aromatic carbocycles. The smallest absolute Gasteiger partial charge is 0.490 e. The number of carbonyl (C=O) groups excluding carboxylic acids is 5. The molecule has 9 rings (SSSR count). The third kappa shape index (κ3) is 15.0. The number of ether oxygens (including phenoxy) is 2. The van der Waals surface area contributed by atoms with Crippen LogP contribution in [0.3, 0.4) is 0 Å². The van der Waals surface area contributed by atoms with E-state index in [0.29, 0.717) is 47.3 Å². The first kappa shape index (κ1) is 54.9. The van der Waals surface area contributed by atoms with Crippen molar-refractivity contribution in [3.8, 4) is 11.5 Å². The lowest BCUT2D eigenvalue weighted by molar-refractivity contribution is -0.192. The van der Waals surface area contributed by atoms with Crippen molar-refractivity contribution in [2.75, 3.05) is 72.5 Å². The predicted molar refractivity (Wildman–Crippen MR) is 289 cm³/mol. The van der Waals surface area contributed by atoms with Crippen molar-refractivity contribution < 1.29 is 61.6 Å². The van der Waals surface area contributed by atoms with Crippen LogP contribution < -0.4 is 47.3 Å². The summed E-state index contributed by atoms with van der Waals surface area (Å²) in [5, 5.41) is 42.1. The van der Waals surface area contributed by atoms with Gasteiger partial charge in [0.15, 0.2) is 11.5 Å². The molecule has 24 heteroatoms. The average Bonchev–Trinajstić information content (AvgIpc) is 3.80. The molecule has 0 bridgehead atoms. The number of benzene rings is 5. The summed E-state index contributed by atoms with van der Waals surface area (Å²) in [4.78, 5) is 84.4. The van der Waals surface area contributed by atoms with E-state index in [0.717, 1.165) is 54.1 Å². The number of urea groups is 2. The molecule has 1 saturated carbocycles. The molecule has 0 saturated heterocycles. The topological polar surface area (TPSA) is 282 Å². The SMILES string of the molecule is CCOC(=O)C1=C(Nc2ccccc2)S/C(=C\c2ccc(OC[C@@H]3C[C@H]3CNC(=O)c3cc(NC(=O)Nc4ccc(C5=NCCN5)cc4)cc(NC(=O)Nc4ccc(C5=NCCN5)cc4)c3)c(O)c2)C1=O.O=C(O)C(F)(F)F. The van der Waals surface area contributed by atoms with E-state index in [2.05, 4.69) is 52.5 Å². The number of hydrogen-bond acceptors (Lipinski definition) is 15. The Morgan fingerprint density at radius 1 is 0.744 bits per heavy atom. The molecule has 3 heterocycles. The Balaban J connectivity index is 0.00000107. The van der Waals surface area contributed by atoms with Crippen molar-refractivity contribution in [2.45, 2.75) is 19.5 Å². The second-order valence-corrected chi connectivity index (χ2v) is 18.6. The summed E-state index contributed by atoms with van der Waals surface area (Å²) in [5.74, 6) is -2.47. The molecule has 2 atom stereocenters. The number of alkyl halides is 3. The van der Waals surface area contributed by atoms with E-state index < -0.39 is 41.9 Å². The number of aliphatic carboxylic acids is 1. The van der Waals surface area contributed by atoms with Crippen molar-refractivity contribution in [1.82, 2.24) is 16.0 Å². The van der Waals surface area contributed by atoms with Gasteiger partial charge in [0.25, 0.3) is 5.91 Å². The number of amidine groups is 2. The molecule has 78 heavy (non-hydrogen) atoms. The highest BCUT2D eigenvalue weighted by atomic mass is 32.2. The lowest BCUT2D eigenvalue weighted by atomic mass is 10.1. The van der Waals surface area contributed by atoms with Gasteiger partial charge in [-0.15, -0.1) is 0 Å². The number of allylic oxidation sites excluding steroid dienone is 1. The normalized spacial score (nSPS) is 16.8. The molecule has 404 valence electrons. The Morgan fingerprint density at radius 2 is 1.31 bits per heavy atom. The molecule has 5 amide bonds. The molecule has 10 N–H and O–H groups in total. The first-order valence-electron chi connectivity index (χ1n) is 24.3. The number of nitrogens with zero attached hydrogens (tertiary/aromatic N) is 2. The van der Waals surface area contributed by atoms with Gasteiger partial charge in [0.2, 0.25) is 5.78 Å². The van der Waals surface area contributed by atoms with Gasteiger partial charge in [-0.2, -0.15) is 13.2 Å². The number of halogens is 3. The Bertz CT molecular complexity index is 3120. The number of carboxylic acids is 1. The summed E-state index contributed by atoms with van der Waals surface area (Å²) in [6.45, 7) is 5.36. The van der Waals surface area contributed by atoms with E-state index in [9.17, 15) is 42.3 Å². The highest BCUT2D eigenvalue weighted by Crippen LogP contribution is 2.42. The quantitative estimate of drug-likeness (QED) is 0.0240. The Labute approximate surface area is 448 Å². The summed E-state index contributed by atoms with van der Waals surface area (Å²) in [6, 6.07) is 31.9. The first-order chi connectivity index (χ1) is 37.5. The zero-order valence-electron chi connectivity index (χ0n) is 41.5. The highest BCUT2D eigenvalue weighted by molar-refractivity contribution is 8.08. The van der Waals surface area contributed by atoms with Crippen LogP contribution in [0.2, 0.25) is 0 Å². The van der Waals surface area contributed by atoms with Crippen LogP contribution in [0.15, 0.2) is 141 Å². The Hall–Kier alpha value is -9.32. The first-order valence-corrected chi connectivity index (χ1v) is 25.1. The van der Waals surface area contributed by atoms with Crippen molar-refractivity contribution in [3.05, 3.63) is 153 Å². The minimum atomic E-state index is -5.08. The molecule has 3 aliphatic heterocycles. The molecule has 5 aromatic rings. The minimum absolute atomic E-state index is 0.0867. The molecular weight excluding hydrogens is 1040 g/mol. The van der Waals surface area contributed by atoms with Gasteiger partial charge in [-0.3, -0.25) is 19.6 Å². The molecule has 4 aliphatic rings. The lowest BCUT2D eigenvalue weighted by Crippen LogP contribution is -2.27. The van der Waals surface area contributed by atoms with Gasteiger partial charge in [-0.05, 0) is 128 Å². The standard InChI is InChI=1S/C52H50N10O8S.C2HF3O2/c1-2-69-50(66)44-45(64)43(71-49(44)58-36-6-4-3-5-7-36)23-30-8-17-42(41(63)22-30)70-29-35-24-34(35)28-57-48(65)33-25-39(61-51(67)59-37-13-9-31(10-14-37)46-53-18-19-54-46)27-40(26-33)62-52(68)60-38-15-11-32(12-16-38)47-55-20-21-56-47;3-2(4,5)1(6)7/h3-17,22-23,25-27,34-35,58,63H,2,18-21,24,28-29H2,1H3,(H,53,54)(H,55,56)(H,57,65)(H2,59,61,67)(H2,60,62,68);(H,6,7)/b43-23-;/t34-,35-;/m0./s1. The summed E-state index contributed by atoms with van der Waals surface area (Å²) < 4.78 is 42.9. The number of rotatable bonds is 17. The number of thioether (sulfide) groups is 1. The van der Waals surface area contributed by atoms with Crippen LogP contribution in [0.25, 0.3) is 6.08 Å². The van der Waals surface area contributed by atoms with Gasteiger partial charge in [-0.1, -0.05) is 36.0 Å². The molecule has 1 aliphatic carbocycles. The molecular formula is C54H51F3N10O10S. The fraction of sp³-hybridized carbons (Fsp3) is 0.222. The van der Waals surface area contributed by atoms with Crippen LogP contribution in [0.1, 0.15) is 40.4 Å². The van der Waals surface area contributed by atoms with Crippen LogP contribution in [0, 0.1) is 11.8 Å². The van der Waals surface area contributed by atoms with Crippen molar-refractivity contribution in [3.63, 3.8) is 0 Å². The average molecular weight is 1090 g/mol. The number of ketones is 1. The zero-order valence-corrected chi connectivity index (χ0v) is 42.3. The van der Waals surface area contributed by atoms with E-state index in [-0.39, 0.29) is 64.0 Å². The molecule has 0 aromatic heterocycles. The number of nitrogens with one attached hydrogen (secondary N) is 8. The van der Waals surface area contributed by atoms with Gasteiger partial charge in [-0.25, -0.2) is 19.2 Å². The van der Waals surface area contributed by atoms with Crippen molar-refractivity contribution in [2.24, 2.45) is 21.8 Å². The summed E-state index contributed by atoms with van der Waals surface area (Å²) in [5.41, 5.74) is 4.75. The molecule has 0 unspecified atom stereocenters. The Kier molecular flexibility index (Phi) is 17.6. The number of aromatic hydroxyl groups is 1. The highest BCUT2D eigenvalue weighted by Gasteiger charge is 2.39. The number of Topliss-reactive ketones (excluding diaryl/α,β-unsaturated/α-hetero) is 1. The minimum Gasteiger partial charge on any atom is -0.504 e. The van der Waals surface area contributed by atoms with Crippen LogP contribution in [-0.2, 0) is 19.1 Å². The number of amides is 5. The number of phenols is 1. The number of anilines is 5. The summed E-state index contributed by atoms with van der Waals surface area (Å²) in [7, 11) is 0. The second kappa shape index (κ2) is 25.0. The van der Waals surface area contributed by atoms with Gasteiger partial charge in [0, 0.05) is 64.8 Å². The predicted octanol–water partition coefficient (Wildman–Crippen LogP) is 8.00. The van der Waals surface area contributed by atoms with E-state index >= 15 is 0 Å². The lowest BCUT2D eigenvalue weighted by Gasteiger charge is -2.14. The van der Waals surface area contributed by atoms with Crippen molar-refractivity contribution >= 4 is 93.6 Å². The third-order valence-corrected chi connectivity index (χ3v) is 12.9. The number of aliphatic imine (C=N–C) groups is 2. The summed E-state index contributed by atoms with van der Waals surface area (Å²) >= 11 is 1.11. The fourth-order valence-electron chi connectivity index (χ4n) is 7.94. The largest absolute Gasteiger partial charge is 0.504 e. The van der Waals surface area contributed by atoms with Crippen LogP contribution in [0.4, 0.5) is 51.2 Å². The maximum atomic E-state index is 13.7. The maximum Gasteiger partial charge on any atom is 0.490 e. The number of phenolic OH excluding ortho intramolecular Hbond substituents is 1. The molecule has 1 fully saturated rings. The number of carbonyl (C=O) groups is 6. The molecule has 0 radical (unpaired) electrons. The van der Waals surface area contributed by atoms with Crippen LogP contribution in [-0.4, -0.2) is 110 Å². The van der Waals surface area contributed by atoms with Gasteiger partial charge >= 0.3 is 30.2 Å². The van der Waals surface area contributed by atoms with E-state index in [4.69, 9.17) is 19.4 Å². The van der Waals surface area contributed by atoms with E-state index in [1.54, 1.807) is 55.5 Å². The number of esters is 1. The van der Waals surface area contributed by atoms with Gasteiger partial charge in [0.1, 0.15) is 17.2 Å². The van der Waals surface area contributed by atoms with Crippen LogP contribution in [0.5, 0.6) is 11.5 Å². The zero-order chi connectivity index (χ0) is 55.3. The van der Waals surface area contributed by atoms with Crippen molar-refractivity contribution in [1.29, 1.82) is 0 Å². The number of carboxylic acid groups (broad SMARTS) is 1. The van der Waals surface area contributed by atoms with Gasteiger partial charge in [0.05, 0.1) is 36.2 Å². The fourth-order valence-corrected chi connectivity index (χ4v) is 8.99. The maximum absolute atomic E-state index is 13.7. The van der Waals surface area contributed by atoms with E-state index in [1.165, 1.54) is 18.2 Å².